The van der Waals surface area contributed by atoms with Gasteiger partial charge in [0.1, 0.15) is 5.82 Å². The van der Waals surface area contributed by atoms with Gasteiger partial charge >= 0.3 is 0 Å². The van der Waals surface area contributed by atoms with Crippen molar-refractivity contribution in [3.8, 4) is 5.75 Å². The summed E-state index contributed by atoms with van der Waals surface area (Å²) < 4.78 is 31.7. The maximum atomic E-state index is 13.6. The van der Waals surface area contributed by atoms with E-state index in [0.29, 0.717) is 18.5 Å². The molecule has 2 nitrogen and oxygen atoms in total. The van der Waals surface area contributed by atoms with Crippen LogP contribution in [0.4, 0.5) is 8.78 Å². The lowest BCUT2D eigenvalue weighted by Gasteiger charge is -2.22. The van der Waals surface area contributed by atoms with E-state index in [-0.39, 0.29) is 11.2 Å². The lowest BCUT2D eigenvalue weighted by molar-refractivity contribution is 0.361. The van der Waals surface area contributed by atoms with Crippen LogP contribution in [0.25, 0.3) is 0 Å². The molecule has 0 aromatic heterocycles. The fraction of sp³-hybridized carbons (Fsp3) is 0.500. The fourth-order valence-electron chi connectivity index (χ4n) is 1.45. The molecular weight excluding hydrogens is 212 g/mol. The molecule has 4 heteroatoms. The lowest BCUT2D eigenvalue weighted by atomic mass is 9.86. The molecule has 0 aliphatic rings. The molecule has 0 radical (unpaired) electrons. The largest absolute Gasteiger partial charge is 0.494 e. The quantitative estimate of drug-likeness (QED) is 0.861. The highest BCUT2D eigenvalue weighted by molar-refractivity contribution is 5.31. The molecule has 0 amide bonds. The summed E-state index contributed by atoms with van der Waals surface area (Å²) in [5.74, 6) is -1.08. The van der Waals surface area contributed by atoms with Gasteiger partial charge in [-0.1, -0.05) is 13.8 Å². The number of hydrogen-bond acceptors (Lipinski definition) is 2. The van der Waals surface area contributed by atoms with Crippen LogP contribution in [0.3, 0.4) is 0 Å². The first-order valence-corrected chi connectivity index (χ1v) is 5.11. The first-order chi connectivity index (χ1) is 7.39. The molecule has 0 saturated carbocycles. The third-order valence-corrected chi connectivity index (χ3v) is 2.54. The van der Waals surface area contributed by atoms with Crippen molar-refractivity contribution in [1.82, 2.24) is 0 Å². The van der Waals surface area contributed by atoms with E-state index in [9.17, 15) is 8.78 Å². The van der Waals surface area contributed by atoms with Gasteiger partial charge in [0.2, 0.25) is 0 Å². The maximum absolute atomic E-state index is 13.6. The van der Waals surface area contributed by atoms with Crippen molar-refractivity contribution in [2.75, 3.05) is 13.7 Å². The molecule has 90 valence electrons. The summed E-state index contributed by atoms with van der Waals surface area (Å²) in [4.78, 5) is 0. The van der Waals surface area contributed by atoms with E-state index in [1.165, 1.54) is 13.2 Å². The SMILES string of the molecule is COc1cc(F)c(CC(C)(C)CN)cc1F. The van der Waals surface area contributed by atoms with Crippen LogP contribution >= 0.6 is 0 Å². The van der Waals surface area contributed by atoms with Gasteiger partial charge in [0, 0.05) is 6.07 Å². The van der Waals surface area contributed by atoms with E-state index in [1.807, 2.05) is 13.8 Å². The molecule has 0 atom stereocenters. The Morgan fingerprint density at radius 3 is 2.38 bits per heavy atom. The van der Waals surface area contributed by atoms with Crippen molar-refractivity contribution in [3.05, 3.63) is 29.3 Å². The molecule has 16 heavy (non-hydrogen) atoms. The highest BCUT2D eigenvalue weighted by atomic mass is 19.1. The van der Waals surface area contributed by atoms with Crippen LogP contribution in [0, 0.1) is 17.0 Å². The average Bonchev–Trinajstić information content (AvgIpc) is 2.22. The summed E-state index contributed by atoms with van der Waals surface area (Å²) in [7, 11) is 1.31. The summed E-state index contributed by atoms with van der Waals surface area (Å²) in [6, 6.07) is 2.24. The fourth-order valence-corrected chi connectivity index (χ4v) is 1.45. The Labute approximate surface area is 94.4 Å². The Balaban J connectivity index is 3.02. The van der Waals surface area contributed by atoms with E-state index in [2.05, 4.69) is 0 Å². The summed E-state index contributed by atoms with van der Waals surface area (Å²) in [5, 5.41) is 0. The van der Waals surface area contributed by atoms with Crippen molar-refractivity contribution in [1.29, 1.82) is 0 Å². The standard InChI is InChI=1S/C12H17F2NO/c1-12(2,7-15)6-8-4-10(14)11(16-3)5-9(8)13/h4-5H,6-7,15H2,1-3H3. The second-order valence-electron chi connectivity index (χ2n) is 4.62. The Hall–Kier alpha value is -1.16. The van der Waals surface area contributed by atoms with Gasteiger partial charge in [-0.2, -0.15) is 0 Å². The van der Waals surface area contributed by atoms with Crippen molar-refractivity contribution in [3.63, 3.8) is 0 Å². The van der Waals surface area contributed by atoms with E-state index in [1.54, 1.807) is 0 Å². The van der Waals surface area contributed by atoms with E-state index in [0.717, 1.165) is 6.07 Å². The number of benzene rings is 1. The predicted molar refractivity (Wildman–Crippen MR) is 59.4 cm³/mol. The van der Waals surface area contributed by atoms with Crippen LogP contribution in [0.5, 0.6) is 5.75 Å². The third kappa shape index (κ3) is 2.92. The first-order valence-electron chi connectivity index (χ1n) is 5.11. The summed E-state index contributed by atoms with van der Waals surface area (Å²) in [5.41, 5.74) is 5.64. The molecule has 0 fully saturated rings. The highest BCUT2D eigenvalue weighted by Crippen LogP contribution is 2.26. The molecule has 0 saturated heterocycles. The second kappa shape index (κ2) is 4.78. The molecule has 0 unspecified atom stereocenters. The molecule has 0 heterocycles. The minimum absolute atomic E-state index is 0.0770. The summed E-state index contributed by atoms with van der Waals surface area (Å²) >= 11 is 0. The predicted octanol–water partition coefficient (Wildman–Crippen LogP) is 2.50. The van der Waals surface area contributed by atoms with Crippen LogP contribution in [-0.2, 0) is 6.42 Å². The average molecular weight is 229 g/mol. The van der Waals surface area contributed by atoms with Crippen molar-refractivity contribution < 1.29 is 13.5 Å². The minimum atomic E-state index is -0.549. The Morgan fingerprint density at radius 2 is 1.88 bits per heavy atom. The van der Waals surface area contributed by atoms with E-state index in [4.69, 9.17) is 10.5 Å². The van der Waals surface area contributed by atoms with Gasteiger partial charge in [-0.25, -0.2) is 8.78 Å². The number of ether oxygens (including phenoxy) is 1. The van der Waals surface area contributed by atoms with Gasteiger partial charge in [-0.15, -0.1) is 0 Å². The zero-order chi connectivity index (χ0) is 12.3. The van der Waals surface area contributed by atoms with Gasteiger partial charge in [0.15, 0.2) is 11.6 Å². The third-order valence-electron chi connectivity index (χ3n) is 2.54. The number of rotatable bonds is 4. The Morgan fingerprint density at radius 1 is 1.25 bits per heavy atom. The van der Waals surface area contributed by atoms with E-state index < -0.39 is 11.6 Å². The van der Waals surface area contributed by atoms with Crippen molar-refractivity contribution in [2.45, 2.75) is 20.3 Å². The molecular formula is C12H17F2NO. The van der Waals surface area contributed by atoms with E-state index >= 15 is 0 Å². The maximum Gasteiger partial charge on any atom is 0.165 e. The molecule has 0 spiro atoms. The van der Waals surface area contributed by atoms with Crippen LogP contribution in [-0.4, -0.2) is 13.7 Å². The lowest BCUT2D eigenvalue weighted by Crippen LogP contribution is -2.26. The van der Waals surface area contributed by atoms with Crippen molar-refractivity contribution >= 4 is 0 Å². The molecule has 2 N–H and O–H groups in total. The molecule has 0 aliphatic carbocycles. The molecule has 1 aromatic rings. The topological polar surface area (TPSA) is 35.2 Å². The van der Waals surface area contributed by atoms with Gasteiger partial charge in [0.05, 0.1) is 7.11 Å². The van der Waals surface area contributed by atoms with Gasteiger partial charge < -0.3 is 10.5 Å². The van der Waals surface area contributed by atoms with Gasteiger partial charge in [0.25, 0.3) is 0 Å². The molecule has 0 aliphatic heterocycles. The number of halogens is 2. The van der Waals surface area contributed by atoms with Crippen LogP contribution in [0.2, 0.25) is 0 Å². The molecule has 1 aromatic carbocycles. The number of methoxy groups -OCH3 is 1. The summed E-state index contributed by atoms with van der Waals surface area (Å²) in [6.07, 6.45) is 0.399. The zero-order valence-electron chi connectivity index (χ0n) is 9.81. The van der Waals surface area contributed by atoms with Gasteiger partial charge in [-0.3, -0.25) is 0 Å². The Bertz CT molecular complexity index is 378. The van der Waals surface area contributed by atoms with Crippen LogP contribution < -0.4 is 10.5 Å². The smallest absolute Gasteiger partial charge is 0.165 e. The first kappa shape index (κ1) is 12.9. The zero-order valence-corrected chi connectivity index (χ0v) is 9.81. The molecule has 1 rings (SSSR count). The Kier molecular flexibility index (Phi) is 3.86. The normalized spacial score (nSPS) is 11.6. The number of nitrogens with two attached hydrogens (primary N) is 1. The monoisotopic (exact) mass is 229 g/mol. The second-order valence-corrected chi connectivity index (χ2v) is 4.62. The van der Waals surface area contributed by atoms with Crippen LogP contribution in [0.15, 0.2) is 12.1 Å². The summed E-state index contributed by atoms with van der Waals surface area (Å²) in [6.45, 7) is 4.24. The van der Waals surface area contributed by atoms with Crippen LogP contribution in [0.1, 0.15) is 19.4 Å². The molecule has 0 bridgehead atoms. The van der Waals surface area contributed by atoms with Gasteiger partial charge in [-0.05, 0) is 30.0 Å². The highest BCUT2D eigenvalue weighted by Gasteiger charge is 2.20. The minimum Gasteiger partial charge on any atom is -0.494 e. The van der Waals surface area contributed by atoms with Crippen molar-refractivity contribution in [2.24, 2.45) is 11.1 Å². The number of hydrogen-bond donors (Lipinski definition) is 1.